The van der Waals surface area contributed by atoms with Gasteiger partial charge in [0.25, 0.3) is 11.6 Å². The molecule has 7 heteroatoms. The number of aliphatic hydroxyl groups is 1. The summed E-state index contributed by atoms with van der Waals surface area (Å²) in [4.78, 5) is 22.1. The molecule has 0 saturated heterocycles. The van der Waals surface area contributed by atoms with Gasteiger partial charge in [-0.1, -0.05) is 13.8 Å². The van der Waals surface area contributed by atoms with Crippen molar-refractivity contribution >= 4 is 11.6 Å². The third-order valence-corrected chi connectivity index (χ3v) is 2.91. The van der Waals surface area contributed by atoms with Crippen molar-refractivity contribution < 1.29 is 14.8 Å². The standard InChI is InChI=1S/C12H19N3O4/c1-4-14-7-9(15(18)19)5-10(14)12(17)13-6-11(16)8(2)3/h5,7-8,11,16H,4,6H2,1-3H3,(H,13,17). The highest BCUT2D eigenvalue weighted by atomic mass is 16.6. The number of rotatable bonds is 6. The average Bonchev–Trinajstić information content (AvgIpc) is 2.79. The number of amides is 1. The third-order valence-electron chi connectivity index (χ3n) is 2.91. The van der Waals surface area contributed by atoms with Crippen LogP contribution in [-0.4, -0.2) is 33.2 Å². The summed E-state index contributed by atoms with van der Waals surface area (Å²) in [7, 11) is 0. The molecule has 1 heterocycles. The first-order valence-corrected chi connectivity index (χ1v) is 6.17. The summed E-state index contributed by atoms with van der Waals surface area (Å²) in [5, 5.41) is 22.9. The fourth-order valence-electron chi connectivity index (χ4n) is 1.57. The number of carbonyl (C=O) groups excluding carboxylic acids is 1. The second-order valence-corrected chi connectivity index (χ2v) is 4.65. The molecule has 1 amide bonds. The van der Waals surface area contributed by atoms with Crippen molar-refractivity contribution in [3.63, 3.8) is 0 Å². The van der Waals surface area contributed by atoms with Gasteiger partial charge in [-0.2, -0.15) is 0 Å². The zero-order valence-electron chi connectivity index (χ0n) is 11.3. The Morgan fingerprint density at radius 3 is 2.68 bits per heavy atom. The van der Waals surface area contributed by atoms with Gasteiger partial charge in [-0.3, -0.25) is 14.9 Å². The van der Waals surface area contributed by atoms with E-state index in [1.54, 1.807) is 6.92 Å². The monoisotopic (exact) mass is 269 g/mol. The summed E-state index contributed by atoms with van der Waals surface area (Å²) < 4.78 is 1.51. The SMILES string of the molecule is CCn1cc([N+](=O)[O-])cc1C(=O)NCC(O)C(C)C. The maximum atomic E-state index is 11.9. The lowest BCUT2D eigenvalue weighted by molar-refractivity contribution is -0.384. The highest BCUT2D eigenvalue weighted by Crippen LogP contribution is 2.16. The Labute approximate surface area is 111 Å². The topological polar surface area (TPSA) is 97.4 Å². The van der Waals surface area contributed by atoms with E-state index < -0.39 is 16.9 Å². The highest BCUT2D eigenvalue weighted by Gasteiger charge is 2.19. The molecule has 2 N–H and O–H groups in total. The largest absolute Gasteiger partial charge is 0.391 e. The lowest BCUT2D eigenvalue weighted by Crippen LogP contribution is -2.35. The first-order chi connectivity index (χ1) is 8.86. The van der Waals surface area contributed by atoms with Gasteiger partial charge in [0.1, 0.15) is 5.69 Å². The summed E-state index contributed by atoms with van der Waals surface area (Å²) in [6.07, 6.45) is 0.692. The van der Waals surface area contributed by atoms with E-state index in [2.05, 4.69) is 5.32 Å². The molecule has 0 fully saturated rings. The predicted octanol–water partition coefficient (Wildman–Crippen LogP) is 1.16. The van der Waals surface area contributed by atoms with Gasteiger partial charge in [-0.15, -0.1) is 0 Å². The van der Waals surface area contributed by atoms with Gasteiger partial charge in [0.2, 0.25) is 0 Å². The van der Waals surface area contributed by atoms with E-state index in [0.29, 0.717) is 6.54 Å². The van der Waals surface area contributed by atoms with Gasteiger partial charge < -0.3 is 15.0 Å². The number of aryl methyl sites for hydroxylation is 1. The molecule has 1 rings (SSSR count). The fraction of sp³-hybridized carbons (Fsp3) is 0.583. The number of nitrogens with zero attached hydrogens (tertiary/aromatic N) is 2. The first-order valence-electron chi connectivity index (χ1n) is 6.17. The molecule has 19 heavy (non-hydrogen) atoms. The molecule has 0 aliphatic heterocycles. The van der Waals surface area contributed by atoms with Crippen LogP contribution in [0.25, 0.3) is 0 Å². The van der Waals surface area contributed by atoms with Gasteiger partial charge in [0, 0.05) is 19.2 Å². The molecule has 0 bridgehead atoms. The summed E-state index contributed by atoms with van der Waals surface area (Å²) in [5.74, 6) is -0.387. The van der Waals surface area contributed by atoms with Crippen molar-refractivity contribution in [2.75, 3.05) is 6.54 Å². The highest BCUT2D eigenvalue weighted by molar-refractivity contribution is 5.93. The molecule has 0 aromatic carbocycles. The van der Waals surface area contributed by atoms with Gasteiger partial charge >= 0.3 is 0 Å². The molecule has 0 radical (unpaired) electrons. The zero-order valence-corrected chi connectivity index (χ0v) is 11.3. The Hall–Kier alpha value is -1.89. The predicted molar refractivity (Wildman–Crippen MR) is 69.9 cm³/mol. The Balaban J connectivity index is 2.79. The van der Waals surface area contributed by atoms with Crippen molar-refractivity contribution in [1.82, 2.24) is 9.88 Å². The van der Waals surface area contributed by atoms with Crippen LogP contribution in [0.15, 0.2) is 12.3 Å². The maximum absolute atomic E-state index is 11.9. The van der Waals surface area contributed by atoms with Gasteiger partial charge in [0.05, 0.1) is 17.2 Å². The van der Waals surface area contributed by atoms with Crippen LogP contribution in [0.1, 0.15) is 31.3 Å². The molecule has 1 aromatic rings. The van der Waals surface area contributed by atoms with Crippen molar-refractivity contribution in [1.29, 1.82) is 0 Å². The lowest BCUT2D eigenvalue weighted by atomic mass is 10.1. The zero-order chi connectivity index (χ0) is 14.6. The minimum Gasteiger partial charge on any atom is -0.391 e. The quantitative estimate of drug-likeness (QED) is 0.598. The number of nitrogens with one attached hydrogen (secondary N) is 1. The number of hydrogen-bond acceptors (Lipinski definition) is 4. The van der Waals surface area contributed by atoms with Crippen LogP contribution in [0.3, 0.4) is 0 Å². The summed E-state index contributed by atoms with van der Waals surface area (Å²) in [6, 6.07) is 1.24. The Bertz CT molecular complexity index is 468. The molecule has 7 nitrogen and oxygen atoms in total. The van der Waals surface area contributed by atoms with Crippen LogP contribution in [0.2, 0.25) is 0 Å². The Morgan fingerprint density at radius 2 is 2.21 bits per heavy atom. The average molecular weight is 269 g/mol. The van der Waals surface area contributed by atoms with E-state index in [-0.39, 0.29) is 23.8 Å². The van der Waals surface area contributed by atoms with Crippen molar-refractivity contribution in [3.8, 4) is 0 Å². The molecule has 0 saturated carbocycles. The molecular weight excluding hydrogens is 250 g/mol. The smallest absolute Gasteiger partial charge is 0.287 e. The van der Waals surface area contributed by atoms with Gasteiger partial charge in [0.15, 0.2) is 0 Å². The van der Waals surface area contributed by atoms with Crippen molar-refractivity contribution in [2.24, 2.45) is 5.92 Å². The van der Waals surface area contributed by atoms with E-state index >= 15 is 0 Å². The first kappa shape index (κ1) is 15.2. The second kappa shape index (κ2) is 6.33. The van der Waals surface area contributed by atoms with Crippen LogP contribution in [0, 0.1) is 16.0 Å². The van der Waals surface area contributed by atoms with Crippen LogP contribution < -0.4 is 5.32 Å². The molecule has 0 aliphatic rings. The van der Waals surface area contributed by atoms with Gasteiger partial charge in [-0.25, -0.2) is 0 Å². The summed E-state index contributed by atoms with van der Waals surface area (Å²) in [6.45, 7) is 6.07. The van der Waals surface area contributed by atoms with Crippen LogP contribution in [-0.2, 0) is 6.54 Å². The molecule has 0 aliphatic carbocycles. The van der Waals surface area contributed by atoms with E-state index in [9.17, 15) is 20.0 Å². The number of hydrogen-bond donors (Lipinski definition) is 2. The lowest BCUT2D eigenvalue weighted by Gasteiger charge is -2.15. The van der Waals surface area contributed by atoms with E-state index in [1.807, 2.05) is 13.8 Å². The Morgan fingerprint density at radius 1 is 1.58 bits per heavy atom. The van der Waals surface area contributed by atoms with Gasteiger partial charge in [-0.05, 0) is 12.8 Å². The molecule has 0 spiro atoms. The summed E-state index contributed by atoms with van der Waals surface area (Å²) in [5.41, 5.74) is 0.113. The molecule has 1 atom stereocenters. The van der Waals surface area contributed by atoms with E-state index in [1.165, 1.54) is 16.8 Å². The normalized spacial score (nSPS) is 12.5. The number of carbonyl (C=O) groups is 1. The molecule has 1 aromatic heterocycles. The van der Waals surface area contributed by atoms with Crippen molar-refractivity contribution in [2.45, 2.75) is 33.4 Å². The minimum atomic E-state index is -0.635. The molecule has 106 valence electrons. The second-order valence-electron chi connectivity index (χ2n) is 4.65. The van der Waals surface area contributed by atoms with Crippen LogP contribution >= 0.6 is 0 Å². The van der Waals surface area contributed by atoms with Crippen LogP contribution in [0.4, 0.5) is 5.69 Å². The maximum Gasteiger partial charge on any atom is 0.287 e. The van der Waals surface area contributed by atoms with Crippen LogP contribution in [0.5, 0.6) is 0 Å². The van der Waals surface area contributed by atoms with E-state index in [0.717, 1.165) is 0 Å². The number of nitro groups is 1. The molecule has 1 unspecified atom stereocenters. The summed E-state index contributed by atoms with van der Waals surface area (Å²) >= 11 is 0. The fourth-order valence-corrected chi connectivity index (χ4v) is 1.57. The minimum absolute atomic E-state index is 0.0348. The Kier molecular flexibility index (Phi) is 5.05. The molecular formula is C12H19N3O4. The number of aromatic nitrogens is 1. The van der Waals surface area contributed by atoms with Crippen molar-refractivity contribution in [3.05, 3.63) is 28.1 Å². The third kappa shape index (κ3) is 3.78. The van der Waals surface area contributed by atoms with E-state index in [4.69, 9.17) is 0 Å². The number of aliphatic hydroxyl groups excluding tert-OH is 1.